The van der Waals surface area contributed by atoms with Crippen LogP contribution in [-0.2, 0) is 19.9 Å². The number of carboxylic acid groups (broad SMARTS) is 1. The highest BCUT2D eigenvalue weighted by atomic mass is 16.5. The van der Waals surface area contributed by atoms with E-state index in [1.54, 1.807) is 0 Å². The highest BCUT2D eigenvalue weighted by molar-refractivity contribution is 6.03. The van der Waals surface area contributed by atoms with Crippen molar-refractivity contribution in [1.82, 2.24) is 14.8 Å². The van der Waals surface area contributed by atoms with Gasteiger partial charge in [0.25, 0.3) is 0 Å². The van der Waals surface area contributed by atoms with Gasteiger partial charge in [-0.2, -0.15) is 5.10 Å². The van der Waals surface area contributed by atoms with Crippen LogP contribution in [-0.4, -0.2) is 32.4 Å². The molecule has 2 aromatic heterocycles. The fraction of sp³-hybridized carbons (Fsp3) is 0.176. The van der Waals surface area contributed by atoms with E-state index in [1.807, 2.05) is 66.3 Å². The Labute approximate surface area is 232 Å². The predicted octanol–water partition coefficient (Wildman–Crippen LogP) is 7.33. The molecular weight excluding hydrogens is 498 g/mol. The predicted molar refractivity (Wildman–Crippen MR) is 159 cm³/mol. The topological polar surface area (TPSA) is 80.1 Å². The summed E-state index contributed by atoms with van der Waals surface area (Å²) < 4.78 is 8.05. The number of aromatic nitrogens is 3. The lowest BCUT2D eigenvalue weighted by molar-refractivity contribution is 0.0690. The molecule has 4 aromatic carbocycles. The Hall–Kier alpha value is -4.84. The van der Waals surface area contributed by atoms with E-state index in [0.29, 0.717) is 25.9 Å². The molecule has 200 valence electrons. The molecule has 2 heterocycles. The van der Waals surface area contributed by atoms with Gasteiger partial charge in [-0.1, -0.05) is 84.9 Å². The normalized spacial score (nSPS) is 11.3. The van der Waals surface area contributed by atoms with E-state index in [9.17, 15) is 9.90 Å². The second-order valence-electron chi connectivity index (χ2n) is 10.1. The van der Waals surface area contributed by atoms with E-state index >= 15 is 0 Å². The van der Waals surface area contributed by atoms with Crippen molar-refractivity contribution >= 4 is 27.6 Å². The van der Waals surface area contributed by atoms with Gasteiger partial charge in [-0.05, 0) is 42.3 Å². The Morgan fingerprint density at radius 2 is 1.65 bits per heavy atom. The summed E-state index contributed by atoms with van der Waals surface area (Å²) in [5, 5.41) is 18.1. The van der Waals surface area contributed by atoms with Crippen molar-refractivity contribution in [3.05, 3.63) is 119 Å². The Morgan fingerprint density at radius 3 is 2.48 bits per heavy atom. The number of carbonyl (C=O) groups is 1. The summed E-state index contributed by atoms with van der Waals surface area (Å²) in [6, 6.07) is 30.5. The first-order valence-corrected chi connectivity index (χ1v) is 13.6. The summed E-state index contributed by atoms with van der Waals surface area (Å²) in [6.45, 7) is 2.55. The summed E-state index contributed by atoms with van der Waals surface area (Å²) >= 11 is 0. The molecule has 0 spiro atoms. The number of aryl methyl sites for hydroxylation is 2. The smallest absolute Gasteiger partial charge is 0.352 e. The maximum atomic E-state index is 12.3. The van der Waals surface area contributed by atoms with Gasteiger partial charge < -0.3 is 14.8 Å². The van der Waals surface area contributed by atoms with Crippen molar-refractivity contribution in [3.8, 4) is 16.9 Å². The number of nitrogens with one attached hydrogen (secondary N) is 1. The number of hydrogen-bond acceptors (Lipinski definition) is 3. The fourth-order valence-electron chi connectivity index (χ4n) is 5.62. The molecular formula is C34H31N3O3. The van der Waals surface area contributed by atoms with Crippen molar-refractivity contribution in [2.45, 2.75) is 26.2 Å². The van der Waals surface area contributed by atoms with Crippen molar-refractivity contribution in [2.24, 2.45) is 7.05 Å². The standard InChI is InChI=1S/C34H31N3O3/c1-22-31(29(36-37(22)2)21-23-11-4-3-5-12-23)28-17-9-16-26-27(33(34(38)39)35-32(26)28)18-10-20-40-30-19-8-14-24-13-6-7-15-25(24)30/h3-9,11-17,19,35H,10,18,20-21H2,1-2H3,(H,38,39). The molecule has 40 heavy (non-hydrogen) atoms. The van der Waals surface area contributed by atoms with Crippen LogP contribution in [0.1, 0.15) is 39.4 Å². The van der Waals surface area contributed by atoms with Gasteiger partial charge in [0.2, 0.25) is 0 Å². The third kappa shape index (κ3) is 4.73. The van der Waals surface area contributed by atoms with Gasteiger partial charge in [-0.3, -0.25) is 4.68 Å². The van der Waals surface area contributed by atoms with Crippen LogP contribution in [0.15, 0.2) is 91.0 Å². The number of benzene rings is 4. The van der Waals surface area contributed by atoms with Gasteiger partial charge >= 0.3 is 5.97 Å². The first-order chi connectivity index (χ1) is 19.5. The summed E-state index contributed by atoms with van der Waals surface area (Å²) in [5.74, 6) is -0.115. The van der Waals surface area contributed by atoms with Crippen LogP contribution in [0.4, 0.5) is 0 Å². The van der Waals surface area contributed by atoms with Crippen LogP contribution in [0.2, 0.25) is 0 Å². The molecule has 0 atom stereocenters. The third-order valence-electron chi connectivity index (χ3n) is 7.62. The van der Waals surface area contributed by atoms with E-state index in [4.69, 9.17) is 9.84 Å². The van der Waals surface area contributed by atoms with E-state index in [2.05, 4.69) is 48.3 Å². The SMILES string of the molecule is Cc1c(-c2cccc3c(CCCOc4cccc5ccccc45)c(C(=O)O)[nH]c23)c(Cc2ccccc2)nn1C. The number of para-hydroxylation sites is 1. The number of hydrogen-bond donors (Lipinski definition) is 2. The van der Waals surface area contributed by atoms with Crippen LogP contribution in [0.25, 0.3) is 32.8 Å². The molecule has 0 fully saturated rings. The highest BCUT2D eigenvalue weighted by Gasteiger charge is 2.23. The number of H-pyrrole nitrogens is 1. The third-order valence-corrected chi connectivity index (χ3v) is 7.62. The van der Waals surface area contributed by atoms with Gasteiger partial charge in [0, 0.05) is 41.1 Å². The van der Waals surface area contributed by atoms with Crippen LogP contribution in [0.3, 0.4) is 0 Å². The Balaban J connectivity index is 1.31. The Morgan fingerprint density at radius 1 is 0.925 bits per heavy atom. The minimum absolute atomic E-state index is 0.235. The molecule has 0 bridgehead atoms. The van der Waals surface area contributed by atoms with Gasteiger partial charge in [-0.25, -0.2) is 4.79 Å². The maximum Gasteiger partial charge on any atom is 0.352 e. The number of nitrogens with zero attached hydrogens (tertiary/aromatic N) is 2. The number of fused-ring (bicyclic) bond motifs is 2. The average Bonchev–Trinajstić information content (AvgIpc) is 3.48. The summed E-state index contributed by atoms with van der Waals surface area (Å²) in [5.41, 5.74) is 7.06. The average molecular weight is 530 g/mol. The number of aromatic carboxylic acids is 1. The van der Waals surface area contributed by atoms with Crippen molar-refractivity contribution in [2.75, 3.05) is 6.61 Å². The second kappa shape index (κ2) is 10.7. The molecule has 0 saturated heterocycles. The quantitative estimate of drug-likeness (QED) is 0.192. The molecule has 6 rings (SSSR count). The van der Waals surface area contributed by atoms with Crippen molar-refractivity contribution in [1.29, 1.82) is 0 Å². The lowest BCUT2D eigenvalue weighted by Crippen LogP contribution is -2.04. The Kier molecular flexibility index (Phi) is 6.83. The molecule has 6 heteroatoms. The van der Waals surface area contributed by atoms with Gasteiger partial charge in [0.05, 0.1) is 17.8 Å². The van der Waals surface area contributed by atoms with Crippen molar-refractivity contribution in [3.63, 3.8) is 0 Å². The number of rotatable bonds is 9. The molecule has 6 aromatic rings. The van der Waals surface area contributed by atoms with E-state index in [1.165, 1.54) is 5.56 Å². The van der Waals surface area contributed by atoms with E-state index in [0.717, 1.165) is 55.5 Å². The first kappa shape index (κ1) is 25.4. The number of ether oxygens (including phenoxy) is 1. The molecule has 6 nitrogen and oxygen atoms in total. The fourth-order valence-corrected chi connectivity index (χ4v) is 5.62. The molecule has 0 aliphatic heterocycles. The van der Waals surface area contributed by atoms with Crippen LogP contribution >= 0.6 is 0 Å². The minimum Gasteiger partial charge on any atom is -0.493 e. The van der Waals surface area contributed by atoms with E-state index in [-0.39, 0.29) is 5.69 Å². The lowest BCUT2D eigenvalue weighted by Gasteiger charge is -2.10. The van der Waals surface area contributed by atoms with Crippen LogP contribution in [0.5, 0.6) is 5.75 Å². The molecule has 0 aliphatic rings. The zero-order valence-electron chi connectivity index (χ0n) is 22.6. The molecule has 0 radical (unpaired) electrons. The second-order valence-corrected chi connectivity index (χ2v) is 10.1. The monoisotopic (exact) mass is 529 g/mol. The lowest BCUT2D eigenvalue weighted by atomic mass is 9.96. The van der Waals surface area contributed by atoms with Gasteiger partial charge in [0.1, 0.15) is 11.4 Å². The van der Waals surface area contributed by atoms with Gasteiger partial charge in [0.15, 0.2) is 0 Å². The van der Waals surface area contributed by atoms with Crippen LogP contribution < -0.4 is 4.74 Å². The molecule has 0 aliphatic carbocycles. The number of aromatic amines is 1. The molecule has 0 amide bonds. The highest BCUT2D eigenvalue weighted by Crippen LogP contribution is 2.36. The maximum absolute atomic E-state index is 12.3. The van der Waals surface area contributed by atoms with E-state index < -0.39 is 5.97 Å². The Bertz CT molecular complexity index is 1830. The summed E-state index contributed by atoms with van der Waals surface area (Å²) in [6.07, 6.45) is 1.96. The summed E-state index contributed by atoms with van der Waals surface area (Å²) in [7, 11) is 1.95. The largest absolute Gasteiger partial charge is 0.493 e. The minimum atomic E-state index is -0.959. The number of carboxylic acids is 1. The zero-order chi connectivity index (χ0) is 27.6. The van der Waals surface area contributed by atoms with Gasteiger partial charge in [-0.15, -0.1) is 0 Å². The van der Waals surface area contributed by atoms with Crippen LogP contribution in [0, 0.1) is 6.92 Å². The van der Waals surface area contributed by atoms with Crippen molar-refractivity contribution < 1.29 is 14.6 Å². The first-order valence-electron chi connectivity index (χ1n) is 13.6. The molecule has 0 saturated carbocycles. The molecule has 2 N–H and O–H groups in total. The summed E-state index contributed by atoms with van der Waals surface area (Å²) in [4.78, 5) is 15.6. The zero-order valence-corrected chi connectivity index (χ0v) is 22.6. The molecule has 0 unspecified atom stereocenters.